The molecular weight excluding hydrogens is 507 g/mol. The number of methoxy groups -OCH3 is 1. The highest BCUT2D eigenvalue weighted by molar-refractivity contribution is 7.22. The minimum absolute atomic E-state index is 0.00489. The van der Waals surface area contributed by atoms with Crippen molar-refractivity contribution in [1.29, 1.82) is 0 Å². The van der Waals surface area contributed by atoms with Crippen molar-refractivity contribution in [3.8, 4) is 28.3 Å². The molecule has 0 atom stereocenters. The second-order valence-electron chi connectivity index (χ2n) is 7.48. The van der Waals surface area contributed by atoms with Gasteiger partial charge < -0.3 is 4.74 Å². The van der Waals surface area contributed by atoms with E-state index >= 15 is 4.39 Å². The molecule has 36 heavy (non-hydrogen) atoms. The molecule has 0 aromatic carbocycles. The first-order valence-corrected chi connectivity index (χ1v) is 11.3. The van der Waals surface area contributed by atoms with Crippen molar-refractivity contribution in [3.63, 3.8) is 0 Å². The second kappa shape index (κ2) is 9.21. The van der Waals surface area contributed by atoms with E-state index in [1.54, 1.807) is 14.0 Å². The molecule has 0 aliphatic rings. The molecule has 0 saturated carbocycles. The Balaban J connectivity index is 1.58. The average molecular weight is 531 g/mol. The van der Waals surface area contributed by atoms with Crippen LogP contribution in [0, 0.1) is 19.6 Å². The van der Waals surface area contributed by atoms with Gasteiger partial charge in [-0.15, -0.1) is 5.10 Å². The van der Waals surface area contributed by atoms with Crippen molar-refractivity contribution >= 4 is 44.2 Å². The van der Waals surface area contributed by atoms with Crippen LogP contribution in [0.2, 0.25) is 5.15 Å². The van der Waals surface area contributed by atoms with Crippen LogP contribution in [0.1, 0.15) is 30.0 Å². The third-order valence-electron chi connectivity index (χ3n) is 5.20. The van der Waals surface area contributed by atoms with Crippen molar-refractivity contribution in [2.45, 2.75) is 13.8 Å². The lowest BCUT2D eigenvalue weighted by Gasteiger charge is -2.13. The number of hydrogen-bond donors (Lipinski definition) is 1. The second-order valence-corrected chi connectivity index (χ2v) is 8.86. The zero-order valence-electron chi connectivity index (χ0n) is 24.5. The lowest BCUT2D eigenvalue weighted by Crippen LogP contribution is -2.14. The number of halogens is 2. The predicted octanol–water partition coefficient (Wildman–Crippen LogP) is 4.61. The van der Waals surface area contributed by atoms with Crippen LogP contribution in [0.5, 0.6) is 5.75 Å². The van der Waals surface area contributed by atoms with Gasteiger partial charge in [0.2, 0.25) is 0 Å². The van der Waals surface area contributed by atoms with Gasteiger partial charge in [0.25, 0.3) is 5.91 Å². The zero-order chi connectivity index (χ0) is 30.6. The third-order valence-corrected chi connectivity index (χ3v) is 6.39. The van der Waals surface area contributed by atoms with Gasteiger partial charge in [0.15, 0.2) is 10.9 Å². The molecule has 0 bridgehead atoms. The quantitative estimate of drug-likeness (QED) is 0.327. The van der Waals surface area contributed by atoms with E-state index in [4.69, 9.17) is 24.6 Å². The lowest BCUT2D eigenvalue weighted by molar-refractivity contribution is 0.102. The summed E-state index contributed by atoms with van der Waals surface area (Å²) in [6, 6.07) is 2.34. The Bertz CT molecular complexity index is 1840. The van der Waals surface area contributed by atoms with Crippen LogP contribution in [-0.2, 0) is 7.05 Å². The number of amides is 1. The first-order valence-electron chi connectivity index (χ1n) is 13.1. The Morgan fingerprint density at radius 1 is 1.22 bits per heavy atom. The number of aromatic nitrogens is 7. The van der Waals surface area contributed by atoms with Crippen LogP contribution < -0.4 is 10.1 Å². The molecule has 0 fully saturated rings. The molecule has 0 spiro atoms. The van der Waals surface area contributed by atoms with E-state index in [0.29, 0.717) is 11.4 Å². The Labute approximate surface area is 221 Å². The SMILES string of the molecule is [2H]C([2H])([2H])Oc1cnc(Cl)cc1-c1cc(C([2H])([2H])[2H])ncc1C(=O)Nc1nc2cnc(-c3c(C)nnn3C)c(F)c2s1. The summed E-state index contributed by atoms with van der Waals surface area (Å²) in [6.45, 7) is -0.998. The van der Waals surface area contributed by atoms with Crippen LogP contribution in [0.3, 0.4) is 0 Å². The van der Waals surface area contributed by atoms with Gasteiger partial charge in [-0.25, -0.2) is 24.0 Å². The molecule has 0 aliphatic heterocycles. The number of fused-ring (bicyclic) bond motifs is 1. The highest BCUT2D eigenvalue weighted by atomic mass is 35.5. The van der Waals surface area contributed by atoms with Gasteiger partial charge in [0.05, 0.1) is 39.5 Å². The minimum atomic E-state index is -2.89. The molecule has 10 nitrogen and oxygen atoms in total. The Hall–Kier alpha value is -4.03. The van der Waals surface area contributed by atoms with Crippen LogP contribution in [-0.4, -0.2) is 47.9 Å². The molecule has 13 heteroatoms. The molecule has 0 aliphatic carbocycles. The molecular formula is C23H18ClFN8O2S. The van der Waals surface area contributed by atoms with Crippen LogP contribution in [0.4, 0.5) is 9.52 Å². The summed E-state index contributed by atoms with van der Waals surface area (Å²) >= 11 is 6.91. The summed E-state index contributed by atoms with van der Waals surface area (Å²) in [7, 11) is -1.29. The number of aryl methyl sites for hydroxylation is 3. The maximum atomic E-state index is 15.5. The molecule has 5 heterocycles. The number of nitrogens with zero attached hydrogens (tertiary/aromatic N) is 7. The average Bonchev–Trinajstić information content (AvgIpc) is 3.46. The van der Waals surface area contributed by atoms with E-state index in [9.17, 15) is 4.79 Å². The van der Waals surface area contributed by atoms with Gasteiger partial charge in [-0.05, 0) is 25.9 Å². The normalized spacial score (nSPS) is 14.3. The fourth-order valence-corrected chi connectivity index (χ4v) is 4.63. The van der Waals surface area contributed by atoms with E-state index in [-0.39, 0.29) is 54.3 Å². The molecule has 1 amide bonds. The number of anilines is 1. The third kappa shape index (κ3) is 4.14. The van der Waals surface area contributed by atoms with E-state index in [1.165, 1.54) is 16.9 Å². The van der Waals surface area contributed by atoms with Crippen LogP contribution in [0.25, 0.3) is 32.7 Å². The van der Waals surface area contributed by atoms with E-state index < -0.39 is 25.6 Å². The van der Waals surface area contributed by atoms with E-state index in [1.807, 2.05) is 0 Å². The highest BCUT2D eigenvalue weighted by Crippen LogP contribution is 2.36. The largest absolute Gasteiger partial charge is 0.494 e. The van der Waals surface area contributed by atoms with Crippen molar-refractivity contribution in [2.75, 3.05) is 12.4 Å². The van der Waals surface area contributed by atoms with Gasteiger partial charge in [-0.1, -0.05) is 28.2 Å². The van der Waals surface area contributed by atoms with Crippen molar-refractivity contribution in [2.24, 2.45) is 7.05 Å². The van der Waals surface area contributed by atoms with E-state index in [2.05, 4.69) is 35.6 Å². The molecule has 5 rings (SSSR count). The number of thiazole rings is 1. The van der Waals surface area contributed by atoms with Gasteiger partial charge >= 0.3 is 0 Å². The molecule has 5 aromatic rings. The lowest BCUT2D eigenvalue weighted by atomic mass is 10.0. The van der Waals surface area contributed by atoms with Crippen LogP contribution in [0.15, 0.2) is 30.7 Å². The molecule has 0 unspecified atom stereocenters. The number of ether oxygens (including phenoxy) is 1. The predicted molar refractivity (Wildman–Crippen MR) is 134 cm³/mol. The number of pyridine rings is 3. The summed E-state index contributed by atoms with van der Waals surface area (Å²) < 4.78 is 67.8. The van der Waals surface area contributed by atoms with Crippen molar-refractivity contribution in [3.05, 3.63) is 58.6 Å². The fraction of sp³-hybridized carbons (Fsp3) is 0.174. The summed E-state index contributed by atoms with van der Waals surface area (Å²) in [5.41, 5.74) is 0.426. The summed E-state index contributed by atoms with van der Waals surface area (Å²) in [5.74, 6) is -1.76. The standard InChI is InChI=1S/C23H18ClFN8O2S/c1-10-5-12(13-6-17(24)27-9-16(13)35-4)14(7-26-10)22(34)30-23-29-15-8-28-19(18(25)21(15)36-23)20-11(2)31-32-33(20)3/h5-9H,1-4H3,(H,29,30,34)/i1D3,4D3. The summed E-state index contributed by atoms with van der Waals surface area (Å²) in [5, 5.41) is 10.3. The van der Waals surface area contributed by atoms with Gasteiger partial charge in [0, 0.05) is 34.2 Å². The zero-order valence-corrected chi connectivity index (χ0v) is 20.1. The van der Waals surface area contributed by atoms with Gasteiger partial charge in [-0.2, -0.15) is 0 Å². The van der Waals surface area contributed by atoms with E-state index in [0.717, 1.165) is 29.8 Å². The Morgan fingerprint density at radius 3 is 2.83 bits per heavy atom. The highest BCUT2D eigenvalue weighted by Gasteiger charge is 2.22. The first kappa shape index (κ1) is 17.4. The monoisotopic (exact) mass is 530 g/mol. The summed E-state index contributed by atoms with van der Waals surface area (Å²) in [6.07, 6.45) is 3.41. The number of carbonyl (C=O) groups is 1. The fourth-order valence-electron chi connectivity index (χ4n) is 3.60. The maximum Gasteiger partial charge on any atom is 0.259 e. The minimum Gasteiger partial charge on any atom is -0.494 e. The topological polar surface area (TPSA) is 121 Å². The molecule has 1 N–H and O–H groups in total. The molecule has 5 aromatic heterocycles. The van der Waals surface area contributed by atoms with Crippen molar-refractivity contribution in [1.82, 2.24) is 34.9 Å². The molecule has 0 radical (unpaired) electrons. The number of carbonyl (C=O) groups excluding carboxylic acids is 1. The first-order chi connectivity index (χ1) is 19.6. The van der Waals surface area contributed by atoms with Crippen molar-refractivity contribution < 1.29 is 22.1 Å². The van der Waals surface area contributed by atoms with Gasteiger partial charge in [-0.3, -0.25) is 15.1 Å². The molecule has 182 valence electrons. The number of nitrogens with one attached hydrogen (secondary N) is 1. The Kier molecular flexibility index (Phi) is 4.45. The van der Waals surface area contributed by atoms with Gasteiger partial charge in [0.1, 0.15) is 27.8 Å². The molecule has 0 saturated heterocycles. The number of hydrogen-bond acceptors (Lipinski definition) is 9. The van der Waals surface area contributed by atoms with Crippen LogP contribution >= 0.6 is 22.9 Å². The number of rotatable bonds is 5. The Morgan fingerprint density at radius 2 is 2.08 bits per heavy atom. The maximum absolute atomic E-state index is 15.5. The smallest absolute Gasteiger partial charge is 0.259 e. The summed E-state index contributed by atoms with van der Waals surface area (Å²) in [4.78, 5) is 29.7.